The summed E-state index contributed by atoms with van der Waals surface area (Å²) >= 11 is 0. The highest BCUT2D eigenvalue weighted by Gasteiger charge is 2.26. The lowest BCUT2D eigenvalue weighted by atomic mass is 10.1. The van der Waals surface area contributed by atoms with Crippen LogP contribution in [0.25, 0.3) is 11.0 Å². The Bertz CT molecular complexity index is 987. The molecule has 0 saturated heterocycles. The lowest BCUT2D eigenvalue weighted by Gasteiger charge is -2.11. The van der Waals surface area contributed by atoms with Crippen LogP contribution in [0, 0.1) is 36.0 Å². The van der Waals surface area contributed by atoms with E-state index in [1.165, 1.54) is 6.26 Å². The molecular weight excluding hydrogens is 359 g/mol. The van der Waals surface area contributed by atoms with Crippen molar-refractivity contribution in [3.63, 3.8) is 0 Å². The van der Waals surface area contributed by atoms with E-state index in [9.17, 15) is 26.7 Å². The minimum absolute atomic E-state index is 0.238. The van der Waals surface area contributed by atoms with Crippen LogP contribution in [-0.4, -0.2) is 5.91 Å². The molecule has 4 nitrogen and oxygen atoms in total. The first-order valence-corrected chi connectivity index (χ1v) is 7.32. The van der Waals surface area contributed by atoms with Crippen molar-refractivity contribution >= 4 is 22.6 Å². The summed E-state index contributed by atoms with van der Waals surface area (Å²) in [5.41, 5.74) is 4.30. The Morgan fingerprint density at radius 3 is 2.27 bits per heavy atom. The quantitative estimate of drug-likeness (QED) is 0.314. The number of rotatable bonds is 4. The van der Waals surface area contributed by atoms with E-state index in [1.54, 1.807) is 17.6 Å². The zero-order valence-corrected chi connectivity index (χ0v) is 13.2. The van der Waals surface area contributed by atoms with E-state index in [-0.39, 0.29) is 6.42 Å². The number of hydrazine groups is 1. The molecule has 0 fully saturated rings. The molecule has 2 N–H and O–H groups in total. The van der Waals surface area contributed by atoms with Crippen molar-refractivity contribution in [3.05, 3.63) is 64.7 Å². The zero-order valence-electron chi connectivity index (χ0n) is 13.2. The number of hydrogen-bond donors (Lipinski definition) is 2. The van der Waals surface area contributed by atoms with Crippen molar-refractivity contribution in [1.82, 2.24) is 5.43 Å². The highest BCUT2D eigenvalue weighted by atomic mass is 19.2. The van der Waals surface area contributed by atoms with Gasteiger partial charge in [0.2, 0.25) is 11.7 Å². The number of carbonyl (C=O) groups excluding carboxylic acids is 1. The smallest absolute Gasteiger partial charge is 0.242 e. The summed E-state index contributed by atoms with van der Waals surface area (Å²) in [4.78, 5) is 11.9. The van der Waals surface area contributed by atoms with Gasteiger partial charge in [-0.3, -0.25) is 15.6 Å². The van der Waals surface area contributed by atoms with Crippen molar-refractivity contribution in [3.8, 4) is 0 Å². The second kappa shape index (κ2) is 6.66. The molecule has 0 aliphatic rings. The first-order chi connectivity index (χ1) is 12.3. The first kappa shape index (κ1) is 17.7. The molecule has 26 heavy (non-hydrogen) atoms. The molecule has 1 heterocycles. The van der Waals surface area contributed by atoms with Crippen LogP contribution in [0.4, 0.5) is 27.6 Å². The molecule has 0 saturated carbocycles. The van der Waals surface area contributed by atoms with Gasteiger partial charge in [-0.1, -0.05) is 12.1 Å². The molecular formula is C17H11F5N2O2. The number of carbonyl (C=O) groups is 1. The number of hydrogen-bond acceptors (Lipinski definition) is 3. The third-order valence-corrected chi connectivity index (χ3v) is 3.70. The van der Waals surface area contributed by atoms with Crippen LogP contribution in [0.3, 0.4) is 0 Å². The topological polar surface area (TPSA) is 54.3 Å². The molecule has 9 heteroatoms. The molecule has 0 bridgehead atoms. The van der Waals surface area contributed by atoms with Crippen molar-refractivity contribution < 1.29 is 31.2 Å². The number of anilines is 1. The Labute approximate surface area is 143 Å². The van der Waals surface area contributed by atoms with E-state index in [2.05, 4.69) is 0 Å². The Hall–Kier alpha value is -3.10. The van der Waals surface area contributed by atoms with Gasteiger partial charge in [0.1, 0.15) is 11.3 Å². The summed E-state index contributed by atoms with van der Waals surface area (Å²) < 4.78 is 71.6. The van der Waals surface area contributed by atoms with Gasteiger partial charge >= 0.3 is 0 Å². The average Bonchev–Trinajstić information content (AvgIpc) is 3.00. The van der Waals surface area contributed by atoms with E-state index < -0.39 is 40.7 Å². The number of amides is 1. The Kier molecular flexibility index (Phi) is 4.54. The van der Waals surface area contributed by atoms with Crippen molar-refractivity contribution in [2.24, 2.45) is 0 Å². The second-order valence-electron chi connectivity index (χ2n) is 5.56. The van der Waals surface area contributed by atoms with E-state index in [0.717, 1.165) is 5.56 Å². The standard InChI is InChI=1S/C17H11F5N2O2/c1-7-2-3-9-8(6-26-10(9)4-7)5-11(25)23-24-17-15(21)13(19)12(18)14(20)16(17)22/h2-4,6,24H,5H2,1H3,(H,23,25). The number of nitrogens with one attached hydrogen (secondary N) is 2. The van der Waals surface area contributed by atoms with Crippen molar-refractivity contribution in [1.29, 1.82) is 0 Å². The van der Waals surface area contributed by atoms with Gasteiger partial charge < -0.3 is 4.42 Å². The Morgan fingerprint density at radius 2 is 1.62 bits per heavy atom. The van der Waals surface area contributed by atoms with Gasteiger partial charge in [0, 0.05) is 10.9 Å². The summed E-state index contributed by atoms with van der Waals surface area (Å²) in [6.45, 7) is 1.86. The van der Waals surface area contributed by atoms with E-state index in [0.29, 0.717) is 16.5 Å². The maximum Gasteiger partial charge on any atom is 0.242 e. The monoisotopic (exact) mass is 370 g/mol. The number of benzene rings is 2. The maximum absolute atomic E-state index is 13.5. The maximum atomic E-state index is 13.5. The second-order valence-corrected chi connectivity index (χ2v) is 5.56. The molecule has 0 aliphatic heterocycles. The van der Waals surface area contributed by atoms with E-state index in [1.807, 2.05) is 18.4 Å². The third-order valence-electron chi connectivity index (χ3n) is 3.70. The molecule has 1 aromatic heterocycles. The van der Waals surface area contributed by atoms with Gasteiger partial charge in [-0.25, -0.2) is 22.0 Å². The summed E-state index contributed by atoms with van der Waals surface area (Å²) in [6, 6.07) is 5.32. The normalized spacial score (nSPS) is 11.0. The van der Waals surface area contributed by atoms with Gasteiger partial charge in [0.15, 0.2) is 23.3 Å². The van der Waals surface area contributed by atoms with Crippen LogP contribution in [0.15, 0.2) is 28.9 Å². The molecule has 0 unspecified atom stereocenters. The average molecular weight is 370 g/mol. The number of aryl methyl sites for hydroxylation is 1. The van der Waals surface area contributed by atoms with Crippen LogP contribution < -0.4 is 10.9 Å². The van der Waals surface area contributed by atoms with Crippen LogP contribution in [0.5, 0.6) is 0 Å². The largest absolute Gasteiger partial charge is 0.464 e. The SMILES string of the molecule is Cc1ccc2c(CC(=O)NNc3c(F)c(F)c(F)c(F)c3F)coc2c1. The minimum atomic E-state index is -2.28. The molecule has 2 aromatic carbocycles. The molecule has 0 radical (unpaired) electrons. The van der Waals surface area contributed by atoms with Crippen LogP contribution in [0.1, 0.15) is 11.1 Å². The summed E-state index contributed by atoms with van der Waals surface area (Å²) in [5, 5.41) is 0.669. The third kappa shape index (κ3) is 3.07. The van der Waals surface area contributed by atoms with Gasteiger partial charge in [0.05, 0.1) is 12.7 Å². The fraction of sp³-hybridized carbons (Fsp3) is 0.118. The molecule has 3 aromatic rings. The first-order valence-electron chi connectivity index (χ1n) is 7.32. The molecule has 136 valence electrons. The summed E-state index contributed by atoms with van der Waals surface area (Å²) in [7, 11) is 0. The summed E-state index contributed by atoms with van der Waals surface area (Å²) in [6.07, 6.45) is 1.11. The highest BCUT2D eigenvalue weighted by molar-refractivity contribution is 5.88. The van der Waals surface area contributed by atoms with E-state index in [4.69, 9.17) is 4.42 Å². The molecule has 3 rings (SSSR count). The predicted octanol–water partition coefficient (Wildman–Crippen LogP) is 4.12. The number of furan rings is 1. The predicted molar refractivity (Wildman–Crippen MR) is 82.7 cm³/mol. The van der Waals surface area contributed by atoms with Gasteiger partial charge in [-0.15, -0.1) is 0 Å². The van der Waals surface area contributed by atoms with Gasteiger partial charge in [-0.2, -0.15) is 0 Å². The molecule has 0 spiro atoms. The van der Waals surface area contributed by atoms with Crippen LogP contribution in [-0.2, 0) is 11.2 Å². The lowest BCUT2D eigenvalue weighted by molar-refractivity contribution is -0.119. The molecule has 0 atom stereocenters. The van der Waals surface area contributed by atoms with E-state index >= 15 is 0 Å². The Morgan fingerprint density at radius 1 is 1.00 bits per heavy atom. The summed E-state index contributed by atoms with van der Waals surface area (Å²) in [5.74, 6) is -11.4. The number of halogens is 5. The number of fused-ring (bicyclic) bond motifs is 1. The zero-order chi connectivity index (χ0) is 19.0. The van der Waals surface area contributed by atoms with Crippen LogP contribution >= 0.6 is 0 Å². The van der Waals surface area contributed by atoms with Gasteiger partial charge in [-0.05, 0) is 18.6 Å². The van der Waals surface area contributed by atoms with Gasteiger partial charge in [0.25, 0.3) is 0 Å². The lowest BCUT2D eigenvalue weighted by Crippen LogP contribution is -2.32. The molecule has 0 aliphatic carbocycles. The van der Waals surface area contributed by atoms with Crippen molar-refractivity contribution in [2.45, 2.75) is 13.3 Å². The highest BCUT2D eigenvalue weighted by Crippen LogP contribution is 2.27. The van der Waals surface area contributed by atoms with Crippen LogP contribution in [0.2, 0.25) is 0 Å². The fourth-order valence-electron chi connectivity index (χ4n) is 2.39. The molecule has 1 amide bonds. The Balaban J connectivity index is 1.75. The minimum Gasteiger partial charge on any atom is -0.464 e. The fourth-order valence-corrected chi connectivity index (χ4v) is 2.39. The van der Waals surface area contributed by atoms with Crippen molar-refractivity contribution in [2.75, 3.05) is 5.43 Å².